The number of amides is 1. The first-order chi connectivity index (χ1) is 12.8. The molecule has 1 saturated heterocycles. The second kappa shape index (κ2) is 7.46. The molecule has 2 atom stereocenters. The van der Waals surface area contributed by atoms with Crippen LogP contribution >= 0.6 is 0 Å². The lowest BCUT2D eigenvalue weighted by molar-refractivity contribution is -0.141. The maximum absolute atomic E-state index is 12.6. The SMILES string of the molecule is C=Cc1c(NC)ncnc1N(C)C1CC2CN(C(=O)C(C)(C)CO)CC2C1. The van der Waals surface area contributed by atoms with Crippen molar-refractivity contribution in [2.24, 2.45) is 17.3 Å². The first kappa shape index (κ1) is 19.6. The Bertz CT molecular complexity index is 706. The molecule has 0 spiro atoms. The summed E-state index contributed by atoms with van der Waals surface area (Å²) in [6, 6.07) is 0.390. The van der Waals surface area contributed by atoms with E-state index in [0.717, 1.165) is 43.1 Å². The van der Waals surface area contributed by atoms with E-state index in [4.69, 9.17) is 0 Å². The van der Waals surface area contributed by atoms with Crippen LogP contribution < -0.4 is 10.2 Å². The van der Waals surface area contributed by atoms with Gasteiger partial charge in [-0.1, -0.05) is 12.7 Å². The largest absolute Gasteiger partial charge is 0.395 e. The molecule has 2 aliphatic rings. The Labute approximate surface area is 161 Å². The Hall–Kier alpha value is -2.15. The van der Waals surface area contributed by atoms with Gasteiger partial charge in [0.15, 0.2) is 0 Å². The molecule has 2 heterocycles. The van der Waals surface area contributed by atoms with Gasteiger partial charge in [0.05, 0.1) is 17.6 Å². The summed E-state index contributed by atoms with van der Waals surface area (Å²) in [5, 5.41) is 12.6. The molecule has 7 heteroatoms. The highest BCUT2D eigenvalue weighted by atomic mass is 16.3. The van der Waals surface area contributed by atoms with Crippen LogP contribution in [0.25, 0.3) is 6.08 Å². The van der Waals surface area contributed by atoms with Gasteiger partial charge in [-0.3, -0.25) is 4.79 Å². The Morgan fingerprint density at radius 1 is 1.41 bits per heavy atom. The highest BCUT2D eigenvalue weighted by molar-refractivity contribution is 5.82. The molecule has 7 nitrogen and oxygen atoms in total. The van der Waals surface area contributed by atoms with Crippen molar-refractivity contribution in [3.05, 3.63) is 18.5 Å². The van der Waals surface area contributed by atoms with E-state index < -0.39 is 5.41 Å². The van der Waals surface area contributed by atoms with Gasteiger partial charge in [0.1, 0.15) is 18.0 Å². The van der Waals surface area contributed by atoms with E-state index in [2.05, 4.69) is 33.8 Å². The number of anilines is 2. The summed E-state index contributed by atoms with van der Waals surface area (Å²) in [7, 11) is 3.93. The van der Waals surface area contributed by atoms with Gasteiger partial charge in [0.2, 0.25) is 5.91 Å². The number of likely N-dealkylation sites (tertiary alicyclic amines) is 1. The minimum absolute atomic E-state index is 0.0627. The maximum atomic E-state index is 12.6. The molecule has 1 aromatic heterocycles. The highest BCUT2D eigenvalue weighted by Gasteiger charge is 2.46. The summed E-state index contributed by atoms with van der Waals surface area (Å²) in [4.78, 5) is 25.6. The quantitative estimate of drug-likeness (QED) is 0.792. The molecule has 1 aliphatic carbocycles. The molecule has 1 amide bonds. The van der Waals surface area contributed by atoms with E-state index in [1.807, 2.05) is 25.8 Å². The number of hydrogen-bond acceptors (Lipinski definition) is 6. The second-order valence-electron chi connectivity index (χ2n) is 8.42. The zero-order valence-corrected chi connectivity index (χ0v) is 16.8. The van der Waals surface area contributed by atoms with Crippen molar-refractivity contribution < 1.29 is 9.90 Å². The van der Waals surface area contributed by atoms with E-state index in [1.165, 1.54) is 0 Å². The number of fused-ring (bicyclic) bond motifs is 1. The van der Waals surface area contributed by atoms with Crippen LogP contribution in [0.1, 0.15) is 32.3 Å². The normalized spacial score (nSPS) is 24.6. The number of nitrogens with one attached hydrogen (secondary N) is 1. The lowest BCUT2D eigenvalue weighted by Gasteiger charge is -2.31. The molecule has 0 bridgehead atoms. The summed E-state index contributed by atoms with van der Waals surface area (Å²) in [5.74, 6) is 2.75. The van der Waals surface area contributed by atoms with Crippen molar-refractivity contribution in [2.45, 2.75) is 32.7 Å². The predicted molar refractivity (Wildman–Crippen MR) is 108 cm³/mol. The lowest BCUT2D eigenvalue weighted by atomic mass is 9.93. The summed E-state index contributed by atoms with van der Waals surface area (Å²) < 4.78 is 0. The molecule has 2 fully saturated rings. The fourth-order valence-corrected chi connectivity index (χ4v) is 4.47. The van der Waals surface area contributed by atoms with Gasteiger partial charge in [-0.15, -0.1) is 0 Å². The zero-order chi connectivity index (χ0) is 19.8. The van der Waals surface area contributed by atoms with Gasteiger partial charge in [-0.05, 0) is 38.5 Å². The smallest absolute Gasteiger partial charge is 0.230 e. The topological polar surface area (TPSA) is 81.6 Å². The van der Waals surface area contributed by atoms with E-state index in [0.29, 0.717) is 17.9 Å². The second-order valence-corrected chi connectivity index (χ2v) is 8.42. The third-order valence-electron chi connectivity index (χ3n) is 6.17. The molecule has 27 heavy (non-hydrogen) atoms. The van der Waals surface area contributed by atoms with Crippen LogP contribution in [0.2, 0.25) is 0 Å². The first-order valence-electron chi connectivity index (χ1n) is 9.60. The molecule has 0 aromatic carbocycles. The fraction of sp³-hybridized carbons (Fsp3) is 0.650. The van der Waals surface area contributed by atoms with Gasteiger partial charge in [-0.2, -0.15) is 0 Å². The third-order valence-corrected chi connectivity index (χ3v) is 6.17. The van der Waals surface area contributed by atoms with Gasteiger partial charge >= 0.3 is 0 Å². The predicted octanol–water partition coefficient (Wildman–Crippen LogP) is 1.85. The standard InChI is InChI=1S/C20H31N5O2/c1-6-16-17(21-4)22-12-23-18(16)24(5)15-7-13-9-25(10-14(13)8-15)19(27)20(2,3)11-26/h6,12-15,26H,1,7-11H2,2-5H3,(H,21,22,23). The van der Waals surface area contributed by atoms with Crippen molar-refractivity contribution in [1.82, 2.24) is 14.9 Å². The zero-order valence-electron chi connectivity index (χ0n) is 16.8. The van der Waals surface area contributed by atoms with Crippen molar-refractivity contribution in [3.8, 4) is 0 Å². The number of rotatable bonds is 6. The summed E-state index contributed by atoms with van der Waals surface area (Å²) in [6.45, 7) is 9.00. The minimum atomic E-state index is -0.696. The Morgan fingerprint density at radius 2 is 2.04 bits per heavy atom. The molecule has 1 aromatic rings. The van der Waals surface area contributed by atoms with Crippen molar-refractivity contribution >= 4 is 23.6 Å². The number of nitrogens with zero attached hydrogens (tertiary/aromatic N) is 4. The third kappa shape index (κ3) is 3.52. The molecule has 3 rings (SSSR count). The summed E-state index contributed by atoms with van der Waals surface area (Å²) >= 11 is 0. The molecule has 0 radical (unpaired) electrons. The van der Waals surface area contributed by atoms with E-state index in [1.54, 1.807) is 12.4 Å². The van der Waals surface area contributed by atoms with Crippen molar-refractivity contribution in [2.75, 3.05) is 44.0 Å². The Kier molecular flexibility index (Phi) is 5.42. The van der Waals surface area contributed by atoms with Crippen LogP contribution in [0, 0.1) is 17.3 Å². The number of aliphatic hydroxyl groups is 1. The van der Waals surface area contributed by atoms with E-state index in [-0.39, 0.29) is 12.5 Å². The van der Waals surface area contributed by atoms with Crippen LogP contribution in [0.5, 0.6) is 0 Å². The van der Waals surface area contributed by atoms with Crippen molar-refractivity contribution in [1.29, 1.82) is 0 Å². The molecule has 2 N–H and O–H groups in total. The summed E-state index contributed by atoms with van der Waals surface area (Å²) in [6.07, 6.45) is 5.46. The van der Waals surface area contributed by atoms with Gasteiger partial charge < -0.3 is 20.2 Å². The monoisotopic (exact) mass is 373 g/mol. The molecular weight excluding hydrogens is 342 g/mol. The minimum Gasteiger partial charge on any atom is -0.395 e. The van der Waals surface area contributed by atoms with Crippen LogP contribution in [-0.2, 0) is 4.79 Å². The number of aromatic nitrogens is 2. The maximum Gasteiger partial charge on any atom is 0.230 e. The first-order valence-corrected chi connectivity index (χ1v) is 9.60. The average Bonchev–Trinajstić information content (AvgIpc) is 3.25. The lowest BCUT2D eigenvalue weighted by Crippen LogP contribution is -2.42. The van der Waals surface area contributed by atoms with E-state index in [9.17, 15) is 9.90 Å². The van der Waals surface area contributed by atoms with Crippen LogP contribution in [0.15, 0.2) is 12.9 Å². The average molecular weight is 374 g/mol. The molecule has 2 unspecified atom stereocenters. The number of carbonyl (C=O) groups excluding carboxylic acids is 1. The number of aliphatic hydroxyl groups excluding tert-OH is 1. The number of carbonyl (C=O) groups is 1. The van der Waals surface area contributed by atoms with Crippen LogP contribution in [0.4, 0.5) is 11.6 Å². The number of hydrogen-bond donors (Lipinski definition) is 2. The Balaban J connectivity index is 1.69. The van der Waals surface area contributed by atoms with Crippen molar-refractivity contribution in [3.63, 3.8) is 0 Å². The Morgan fingerprint density at radius 3 is 2.56 bits per heavy atom. The van der Waals surface area contributed by atoms with Gasteiger partial charge in [-0.25, -0.2) is 9.97 Å². The molecule has 1 aliphatic heterocycles. The van der Waals surface area contributed by atoms with E-state index >= 15 is 0 Å². The molecule has 148 valence electrons. The van der Waals surface area contributed by atoms with Crippen LogP contribution in [-0.4, -0.2) is 65.7 Å². The highest BCUT2D eigenvalue weighted by Crippen LogP contribution is 2.42. The van der Waals surface area contributed by atoms with Gasteiger partial charge in [0.25, 0.3) is 0 Å². The summed E-state index contributed by atoms with van der Waals surface area (Å²) in [5.41, 5.74) is 0.221. The van der Waals surface area contributed by atoms with Gasteiger partial charge in [0, 0.05) is 33.2 Å². The van der Waals surface area contributed by atoms with Crippen LogP contribution in [0.3, 0.4) is 0 Å². The molecule has 1 saturated carbocycles. The molecular formula is C20H31N5O2. The fourth-order valence-electron chi connectivity index (χ4n) is 4.47.